The molecule has 6 nitrogen and oxygen atoms in total. The molecule has 0 spiro atoms. The monoisotopic (exact) mass is 231 g/mol. The van der Waals surface area contributed by atoms with Gasteiger partial charge in [-0.15, -0.1) is 0 Å². The van der Waals surface area contributed by atoms with Crippen molar-refractivity contribution in [2.24, 2.45) is 0 Å². The average Bonchev–Trinajstić information content (AvgIpc) is 2.20. The molecule has 7 heteroatoms. The van der Waals surface area contributed by atoms with Crippen LogP contribution in [0.4, 0.5) is 0 Å². The van der Waals surface area contributed by atoms with Crippen molar-refractivity contribution in [2.45, 2.75) is 6.42 Å². The van der Waals surface area contributed by atoms with Gasteiger partial charge in [0.25, 0.3) is 0 Å². The summed E-state index contributed by atoms with van der Waals surface area (Å²) in [5.74, 6) is -1.11. The van der Waals surface area contributed by atoms with Crippen LogP contribution in [0.15, 0.2) is 0 Å². The molecule has 0 aromatic carbocycles. The zero-order chi connectivity index (χ0) is 11.7. The van der Waals surface area contributed by atoms with Gasteiger partial charge in [-0.3, -0.25) is 13.8 Å². The summed E-state index contributed by atoms with van der Waals surface area (Å²) in [5.41, 5.74) is 0. The molecule has 0 saturated carbocycles. The Labute approximate surface area is 90.5 Å². The molecule has 2 N–H and O–H groups in total. The van der Waals surface area contributed by atoms with E-state index in [0.29, 0.717) is 18.7 Å². The molecule has 84 valence electrons. The van der Waals surface area contributed by atoms with Crippen molar-refractivity contribution >= 4 is 22.6 Å². The van der Waals surface area contributed by atoms with Crippen molar-refractivity contribution in [3.05, 3.63) is 0 Å². The van der Waals surface area contributed by atoms with Crippen molar-refractivity contribution in [1.82, 2.24) is 10.6 Å². The minimum absolute atomic E-state index is 0.189. The normalized spacial score (nSPS) is 11.2. The van der Waals surface area contributed by atoms with Gasteiger partial charge in [-0.25, -0.2) is 0 Å². The molecule has 0 rings (SSSR count). The second-order valence-corrected chi connectivity index (χ2v) is 4.28. The Kier molecular flexibility index (Phi) is 7.18. The molecule has 0 aliphatic heterocycles. The van der Waals surface area contributed by atoms with E-state index < -0.39 is 22.6 Å². The maximum Gasteiger partial charge on any atom is 0.310 e. The van der Waals surface area contributed by atoms with Crippen molar-refractivity contribution in [3.8, 4) is 6.07 Å². The third-order valence-electron chi connectivity index (χ3n) is 1.43. The molecule has 0 aliphatic carbocycles. The smallest absolute Gasteiger partial charge is 0.310 e. The van der Waals surface area contributed by atoms with Gasteiger partial charge >= 0.3 is 11.8 Å². The molecular weight excluding hydrogens is 218 g/mol. The molecule has 1 unspecified atom stereocenters. The van der Waals surface area contributed by atoms with E-state index in [0.717, 1.165) is 0 Å². The summed E-state index contributed by atoms with van der Waals surface area (Å²) >= 11 is 0. The summed E-state index contributed by atoms with van der Waals surface area (Å²) in [7, 11) is -0.891. The first-order valence-electron chi connectivity index (χ1n) is 4.31. The van der Waals surface area contributed by atoms with Crippen molar-refractivity contribution in [3.63, 3.8) is 0 Å². The number of nitrogens with zero attached hydrogens (tertiary/aromatic N) is 1. The van der Waals surface area contributed by atoms with Gasteiger partial charge in [0.1, 0.15) is 6.54 Å². The van der Waals surface area contributed by atoms with Crippen LogP contribution in [0.1, 0.15) is 6.42 Å². The van der Waals surface area contributed by atoms with Gasteiger partial charge in [0.15, 0.2) is 0 Å². The summed E-state index contributed by atoms with van der Waals surface area (Å²) in [6.07, 6.45) is 2.13. The molecule has 15 heavy (non-hydrogen) atoms. The Morgan fingerprint density at radius 2 is 1.93 bits per heavy atom. The molecular formula is C8H13N3O3S. The standard InChI is InChI=1S/C8H13N3O3S/c1-15(14)6-2-4-10-7(12)8(13)11-5-3-9/h2,4-6H2,1H3,(H,10,12)(H,11,13). The lowest BCUT2D eigenvalue weighted by molar-refractivity contribution is -0.139. The molecule has 2 amide bonds. The Morgan fingerprint density at radius 3 is 2.47 bits per heavy atom. The SMILES string of the molecule is CS(=O)CCCNC(=O)C(=O)NCC#N. The second-order valence-electron chi connectivity index (χ2n) is 2.73. The van der Waals surface area contributed by atoms with E-state index in [4.69, 9.17) is 5.26 Å². The summed E-state index contributed by atoms with van der Waals surface area (Å²) in [6, 6.07) is 1.68. The third-order valence-corrected chi connectivity index (χ3v) is 2.29. The maximum absolute atomic E-state index is 11.0. The van der Waals surface area contributed by atoms with E-state index in [9.17, 15) is 13.8 Å². The highest BCUT2D eigenvalue weighted by Crippen LogP contribution is 1.81. The van der Waals surface area contributed by atoms with Crippen LogP contribution in [0, 0.1) is 11.3 Å². The largest absolute Gasteiger partial charge is 0.348 e. The van der Waals surface area contributed by atoms with E-state index in [1.807, 2.05) is 0 Å². The number of hydrogen-bond acceptors (Lipinski definition) is 4. The van der Waals surface area contributed by atoms with Crippen molar-refractivity contribution in [1.29, 1.82) is 5.26 Å². The molecule has 0 heterocycles. The van der Waals surface area contributed by atoms with Crippen LogP contribution in [-0.2, 0) is 20.4 Å². The predicted octanol–water partition coefficient (Wildman–Crippen LogP) is -1.49. The Bertz CT molecular complexity index is 298. The highest BCUT2D eigenvalue weighted by Gasteiger charge is 2.11. The highest BCUT2D eigenvalue weighted by molar-refractivity contribution is 7.84. The van der Waals surface area contributed by atoms with Gasteiger partial charge in [-0.1, -0.05) is 0 Å². The van der Waals surface area contributed by atoms with Gasteiger partial charge < -0.3 is 10.6 Å². The summed E-state index contributed by atoms with van der Waals surface area (Å²) in [4.78, 5) is 21.9. The minimum Gasteiger partial charge on any atom is -0.348 e. The molecule has 1 atom stereocenters. The van der Waals surface area contributed by atoms with Crippen LogP contribution in [0.2, 0.25) is 0 Å². The molecule has 0 aromatic rings. The van der Waals surface area contributed by atoms with E-state index in [1.54, 1.807) is 12.3 Å². The van der Waals surface area contributed by atoms with Gasteiger partial charge in [-0.05, 0) is 6.42 Å². The topological polar surface area (TPSA) is 99.1 Å². The Morgan fingerprint density at radius 1 is 1.33 bits per heavy atom. The molecule has 0 aliphatic rings. The zero-order valence-electron chi connectivity index (χ0n) is 8.41. The van der Waals surface area contributed by atoms with Crippen molar-refractivity contribution in [2.75, 3.05) is 25.1 Å². The summed E-state index contributed by atoms with van der Waals surface area (Å²) in [6.45, 7) is 0.115. The molecule has 0 radical (unpaired) electrons. The number of nitriles is 1. The lowest BCUT2D eigenvalue weighted by Crippen LogP contribution is -2.40. The van der Waals surface area contributed by atoms with E-state index in [1.165, 1.54) is 0 Å². The number of carbonyl (C=O) groups is 2. The quantitative estimate of drug-likeness (QED) is 0.342. The van der Waals surface area contributed by atoms with Gasteiger partial charge in [0.05, 0.1) is 6.07 Å². The fourth-order valence-electron chi connectivity index (χ4n) is 0.758. The molecule has 0 fully saturated rings. The third kappa shape index (κ3) is 7.64. The number of amides is 2. The number of carbonyl (C=O) groups excluding carboxylic acids is 2. The lowest BCUT2D eigenvalue weighted by Gasteiger charge is -2.03. The Hall–Kier alpha value is -1.42. The lowest BCUT2D eigenvalue weighted by atomic mass is 10.4. The molecule has 0 aromatic heterocycles. The number of hydrogen-bond donors (Lipinski definition) is 2. The Balaban J connectivity index is 3.61. The summed E-state index contributed by atoms with van der Waals surface area (Å²) in [5, 5.41) is 12.6. The van der Waals surface area contributed by atoms with E-state index in [2.05, 4.69) is 10.6 Å². The van der Waals surface area contributed by atoms with Gasteiger partial charge in [0, 0.05) is 29.4 Å². The van der Waals surface area contributed by atoms with Gasteiger partial charge in [0.2, 0.25) is 0 Å². The molecule has 0 bridgehead atoms. The van der Waals surface area contributed by atoms with Crippen LogP contribution in [0.25, 0.3) is 0 Å². The molecule has 0 saturated heterocycles. The number of rotatable bonds is 5. The predicted molar refractivity (Wildman–Crippen MR) is 55.2 cm³/mol. The number of nitrogens with one attached hydrogen (secondary N) is 2. The summed E-state index contributed by atoms with van der Waals surface area (Å²) < 4.78 is 10.6. The van der Waals surface area contributed by atoms with Crippen LogP contribution in [-0.4, -0.2) is 41.1 Å². The van der Waals surface area contributed by atoms with Crippen LogP contribution in [0.5, 0.6) is 0 Å². The highest BCUT2D eigenvalue weighted by atomic mass is 32.2. The fourth-order valence-corrected chi connectivity index (χ4v) is 1.31. The second kappa shape index (κ2) is 7.94. The van der Waals surface area contributed by atoms with Crippen LogP contribution < -0.4 is 10.6 Å². The first kappa shape index (κ1) is 13.6. The van der Waals surface area contributed by atoms with E-state index >= 15 is 0 Å². The average molecular weight is 231 g/mol. The minimum atomic E-state index is -0.891. The van der Waals surface area contributed by atoms with Gasteiger partial charge in [-0.2, -0.15) is 5.26 Å². The van der Waals surface area contributed by atoms with Crippen LogP contribution in [0.3, 0.4) is 0 Å². The van der Waals surface area contributed by atoms with Crippen LogP contribution >= 0.6 is 0 Å². The first-order valence-corrected chi connectivity index (χ1v) is 6.03. The van der Waals surface area contributed by atoms with E-state index in [-0.39, 0.29) is 6.54 Å². The fraction of sp³-hybridized carbons (Fsp3) is 0.625. The first-order chi connectivity index (χ1) is 7.07. The van der Waals surface area contributed by atoms with Crippen molar-refractivity contribution < 1.29 is 13.8 Å². The zero-order valence-corrected chi connectivity index (χ0v) is 9.23. The maximum atomic E-state index is 11.0.